The second-order valence-electron chi connectivity index (χ2n) is 30.2. The van der Waals surface area contributed by atoms with Gasteiger partial charge in [-0.2, -0.15) is 0 Å². The van der Waals surface area contributed by atoms with Crippen molar-refractivity contribution in [2.24, 2.45) is 0 Å². The van der Waals surface area contributed by atoms with Crippen LogP contribution in [0.2, 0.25) is 0 Å². The molecule has 118 heavy (non-hydrogen) atoms. The van der Waals surface area contributed by atoms with Crippen molar-refractivity contribution in [2.45, 2.75) is 341 Å². The Kier molecular flexibility index (Phi) is 34.3. The van der Waals surface area contributed by atoms with Crippen molar-refractivity contribution in [2.75, 3.05) is 52.9 Å². The van der Waals surface area contributed by atoms with Crippen LogP contribution in [0.5, 0.6) is 0 Å². The Morgan fingerprint density at radius 1 is 0.220 bits per heavy atom. The van der Waals surface area contributed by atoms with E-state index in [2.05, 4.69) is 16.0 Å². The zero-order valence-electron chi connectivity index (χ0n) is 63.6. The highest BCUT2D eigenvalue weighted by atomic mass is 16.8. The van der Waals surface area contributed by atoms with Crippen LogP contribution < -0.4 is 16.0 Å². The van der Waals surface area contributed by atoms with Crippen molar-refractivity contribution in [3.63, 3.8) is 0 Å². The van der Waals surface area contributed by atoms with Crippen LogP contribution in [0, 0.1) is 0 Å². The number of carbonyl (C=O) groups is 3. The number of hydrogen-bond donors (Lipinski definition) is 30. The Hall–Kier alpha value is -3.43. The number of carbonyl (C=O) groups excluding carboxylic acids is 3. The van der Waals surface area contributed by atoms with E-state index in [0.717, 1.165) is 20.8 Å². The Morgan fingerprint density at radius 2 is 0.449 bits per heavy atom. The second kappa shape index (κ2) is 41.8. The molecule has 50 atom stereocenters. The summed E-state index contributed by atoms with van der Waals surface area (Å²) in [4.78, 5) is 39.9. The number of rotatable bonds is 29. The average molecular weight is 1730 g/mol. The predicted molar refractivity (Wildman–Crippen MR) is 362 cm³/mol. The topological polar surface area (TPSA) is 809 Å². The Balaban J connectivity index is 0.938. The predicted octanol–water partition coefficient (Wildman–Crippen LogP) is -20.3. The molecule has 10 heterocycles. The third-order valence-electron chi connectivity index (χ3n) is 22.0. The molecule has 0 spiro atoms. The van der Waals surface area contributed by atoms with E-state index in [1.54, 1.807) is 0 Å². The van der Waals surface area contributed by atoms with Gasteiger partial charge >= 0.3 is 0 Å². The number of ether oxygens (including phenoxy) is 19. The summed E-state index contributed by atoms with van der Waals surface area (Å²) in [5.41, 5.74) is 0. The molecule has 52 heteroatoms. The fourth-order valence-electron chi connectivity index (χ4n) is 15.5. The van der Waals surface area contributed by atoms with Gasteiger partial charge in [0, 0.05) is 20.8 Å². The molecule has 10 saturated heterocycles. The minimum atomic E-state index is -2.50. The summed E-state index contributed by atoms with van der Waals surface area (Å²) in [6.07, 6.45) is -96.6. The van der Waals surface area contributed by atoms with Crippen LogP contribution in [-0.4, -0.2) is 515 Å². The summed E-state index contributed by atoms with van der Waals surface area (Å²) in [5.74, 6) is -2.96. The summed E-state index contributed by atoms with van der Waals surface area (Å²) in [6, 6.07) is -6.00. The SMILES string of the molecule is CC(=O)N[C@H]1[C@H](O[C@H]2[C@@H](O)[C@@H](CO)O[C@@H](O[C@@H]3[C@@H](O)[C@H](O)O[C@H](CO)[C@H]3O)[C@@H]2O)O[C@H](CO)[C@@H](O[C@@H]2O[C@H](CO)[C@H](O)[C@H](O[C@@H]3O[C@H](CO)[C@@H](O[C@@H]4O[C@H](CO)[C@H](O)[C@H](O[C@@H]5O[C@H](CO)[C@@H](O[C@@H]6O[C@H](CO)[C@H](O)[C@H](O)[C@H]6O)[C@H](O[C@@H]6O[C@@H](C)[C@@H](O)[C@@H](O)[C@@H]6O)[C@H]5NC(C)=O)[C@H]4O)[C@H](O[C@@H]4O[C@@H](C)[C@@H](O)[C@@H](O)[C@@H]4O)[C@H]3NC(C)=O)[C@H]2O)[C@@H]1O. The summed E-state index contributed by atoms with van der Waals surface area (Å²) in [6.45, 7) is -3.78. The molecule has 10 fully saturated rings. The van der Waals surface area contributed by atoms with E-state index in [4.69, 9.17) is 90.0 Å². The first-order chi connectivity index (χ1) is 55.8. The lowest BCUT2D eigenvalue weighted by Crippen LogP contribution is -2.72. The first kappa shape index (κ1) is 96.8. The molecule has 30 N–H and O–H groups in total. The highest BCUT2D eigenvalue weighted by molar-refractivity contribution is 5.74. The van der Waals surface area contributed by atoms with Gasteiger partial charge in [0.15, 0.2) is 62.9 Å². The molecule has 0 aliphatic carbocycles. The Morgan fingerprint density at radius 3 is 0.780 bits per heavy atom. The van der Waals surface area contributed by atoms with Crippen molar-refractivity contribution in [3.05, 3.63) is 0 Å². The van der Waals surface area contributed by atoms with Crippen molar-refractivity contribution in [1.82, 2.24) is 16.0 Å². The molecule has 0 bridgehead atoms. The molecular formula is C66H111N3O49. The maximum atomic E-state index is 13.6. The highest BCUT2D eigenvalue weighted by Crippen LogP contribution is 2.42. The van der Waals surface area contributed by atoms with Crippen LogP contribution in [0.4, 0.5) is 0 Å². The first-order valence-electron chi connectivity index (χ1n) is 37.9. The molecule has 0 unspecified atom stereocenters. The van der Waals surface area contributed by atoms with Gasteiger partial charge in [0.1, 0.15) is 232 Å². The van der Waals surface area contributed by atoms with Crippen LogP contribution >= 0.6 is 0 Å². The standard InChI is InChI=1S/C66H111N3O49/c1-14-30(81)38(89)41(92)61(100-14)113-51-28(68-17(4)79)59(108-25(12-76)49(51)111-63-43(94)40(91)32(83)19(6-70)103-63)117-56-36(87)22(9-73)105-65(46(56)97)112-50-26(13-77)109-60(29(69-18(5)80)52(50)114-62-42(93)39(90)31(82)15(2)101-62)116-55-35(86)21(8-72)104-64(45(55)96)110-48-24(11-75)107-58(27(37(48)88)67-16(3)78)115-54-34(85)23(10-74)106-66(47(54)98)118-53-33(84)20(7-71)102-57(99)44(53)95/h14-15,19-66,70-77,81-99H,6-13H2,1-5H3,(H,67,78)(H,68,79)(H,69,80)/t14-,15-,19+,20+,21+,22+,23+,24+,25+,26+,27+,28+,29+,30+,31+,32-,33+,34-,35-,36-,37+,38+,39+,40-,41-,42-,43+,44+,45+,46+,47+,48+,49+,50+,51+,52+,53-,54-,55-,56-,57+,58-,59-,60-,61-,62-,63-,64-,65-,66-/m0/s1. The molecule has 684 valence electrons. The van der Waals surface area contributed by atoms with Crippen LogP contribution in [0.1, 0.15) is 34.6 Å². The summed E-state index contributed by atoms with van der Waals surface area (Å²) >= 11 is 0. The van der Waals surface area contributed by atoms with Crippen molar-refractivity contribution >= 4 is 17.7 Å². The molecule has 3 amide bonds. The largest absolute Gasteiger partial charge is 0.394 e. The second-order valence-corrected chi connectivity index (χ2v) is 30.2. The molecule has 10 aliphatic rings. The molecule has 0 aromatic rings. The molecule has 0 radical (unpaired) electrons. The lowest BCUT2D eigenvalue weighted by molar-refractivity contribution is -0.400. The molecule has 10 rings (SSSR count). The van der Waals surface area contributed by atoms with Crippen LogP contribution in [0.3, 0.4) is 0 Å². The van der Waals surface area contributed by atoms with Gasteiger partial charge in [-0.3, -0.25) is 14.4 Å². The van der Waals surface area contributed by atoms with Crippen molar-refractivity contribution in [3.8, 4) is 0 Å². The zero-order chi connectivity index (χ0) is 86.8. The van der Waals surface area contributed by atoms with Crippen LogP contribution in [-0.2, 0) is 104 Å². The maximum absolute atomic E-state index is 13.6. The third-order valence-corrected chi connectivity index (χ3v) is 22.0. The molecular weight excluding hydrogens is 1620 g/mol. The van der Waals surface area contributed by atoms with E-state index in [0.29, 0.717) is 0 Å². The summed E-state index contributed by atoms with van der Waals surface area (Å²) < 4.78 is 113. The van der Waals surface area contributed by atoms with Gasteiger partial charge in [0.05, 0.1) is 65.1 Å². The molecule has 0 saturated carbocycles. The van der Waals surface area contributed by atoms with E-state index in [9.17, 15) is 152 Å². The minimum absolute atomic E-state index is 0.904. The molecule has 52 nitrogen and oxygen atoms in total. The van der Waals surface area contributed by atoms with E-state index < -0.39 is 377 Å². The van der Waals surface area contributed by atoms with Gasteiger partial charge < -0.3 is 244 Å². The van der Waals surface area contributed by atoms with E-state index in [-0.39, 0.29) is 0 Å². The first-order valence-corrected chi connectivity index (χ1v) is 37.9. The van der Waals surface area contributed by atoms with Crippen molar-refractivity contribution < 1.29 is 242 Å². The van der Waals surface area contributed by atoms with Crippen LogP contribution in [0.15, 0.2) is 0 Å². The van der Waals surface area contributed by atoms with Gasteiger partial charge in [-0.1, -0.05) is 0 Å². The Bertz CT molecular complexity index is 3140. The van der Waals surface area contributed by atoms with Gasteiger partial charge in [-0.05, 0) is 13.8 Å². The van der Waals surface area contributed by atoms with Gasteiger partial charge in [0.25, 0.3) is 0 Å². The van der Waals surface area contributed by atoms with Gasteiger partial charge in [-0.25, -0.2) is 0 Å². The highest BCUT2D eigenvalue weighted by Gasteiger charge is 2.63. The van der Waals surface area contributed by atoms with E-state index >= 15 is 0 Å². The summed E-state index contributed by atoms with van der Waals surface area (Å²) in [5, 5.41) is 307. The number of nitrogens with one attached hydrogen (secondary N) is 3. The maximum Gasteiger partial charge on any atom is 0.217 e. The molecule has 0 aromatic heterocycles. The Labute approximate surface area is 668 Å². The number of aliphatic hydroxyl groups is 27. The fraction of sp³-hybridized carbons (Fsp3) is 0.955. The van der Waals surface area contributed by atoms with Crippen LogP contribution in [0.25, 0.3) is 0 Å². The lowest BCUT2D eigenvalue weighted by atomic mass is 9.93. The van der Waals surface area contributed by atoms with E-state index in [1.807, 2.05) is 0 Å². The monoisotopic (exact) mass is 1730 g/mol. The number of amides is 3. The fourth-order valence-corrected chi connectivity index (χ4v) is 15.5. The van der Waals surface area contributed by atoms with Gasteiger partial charge in [-0.15, -0.1) is 0 Å². The minimum Gasteiger partial charge on any atom is -0.394 e. The van der Waals surface area contributed by atoms with E-state index in [1.165, 1.54) is 13.8 Å². The third kappa shape index (κ3) is 20.6. The normalized spacial score (nSPS) is 51.1. The quantitative estimate of drug-likeness (QED) is 0.0331. The molecule has 10 aliphatic heterocycles. The van der Waals surface area contributed by atoms with Crippen molar-refractivity contribution in [1.29, 1.82) is 0 Å². The number of hydrogen-bond acceptors (Lipinski definition) is 49. The average Bonchev–Trinajstić information content (AvgIpc) is 0.759. The lowest BCUT2D eigenvalue weighted by Gasteiger charge is -2.52. The van der Waals surface area contributed by atoms with Gasteiger partial charge in [0.2, 0.25) is 17.7 Å². The number of aliphatic hydroxyl groups excluding tert-OH is 27. The zero-order valence-corrected chi connectivity index (χ0v) is 63.6. The smallest absolute Gasteiger partial charge is 0.217 e. The summed E-state index contributed by atoms with van der Waals surface area (Å²) in [7, 11) is 0. The molecule has 0 aromatic carbocycles.